The van der Waals surface area contributed by atoms with Gasteiger partial charge in [0.1, 0.15) is 5.82 Å². The average Bonchev–Trinajstić information content (AvgIpc) is 3.02. The van der Waals surface area contributed by atoms with Crippen LogP contribution in [0.15, 0.2) is 35.8 Å². The molecule has 20 heavy (non-hydrogen) atoms. The summed E-state index contributed by atoms with van der Waals surface area (Å²) in [5.41, 5.74) is 7.71. The molecule has 0 saturated heterocycles. The molecule has 1 atom stereocenters. The molecule has 1 aromatic carbocycles. The Labute approximate surface area is 119 Å². The number of benzene rings is 1. The molecule has 0 radical (unpaired) electrons. The fraction of sp³-hybridized carbons (Fsp3) is 0.214. The first-order valence-corrected chi connectivity index (χ1v) is 7.14. The standard InChI is InChI=1S/C14H14FN3OS/c15-11-4-2-1-3-10(11)13-12(7-9(16)8-19)18-5-6-20-14(18)17-13/h1-6,9,19H,7-8,16H2. The number of hydrogen-bond acceptors (Lipinski definition) is 4. The van der Waals surface area contributed by atoms with E-state index in [-0.39, 0.29) is 18.5 Å². The second kappa shape index (κ2) is 5.32. The Kier molecular flexibility index (Phi) is 3.52. The van der Waals surface area contributed by atoms with Crippen molar-refractivity contribution in [1.29, 1.82) is 0 Å². The molecule has 2 heterocycles. The molecule has 4 nitrogen and oxygen atoms in total. The molecule has 0 aliphatic heterocycles. The van der Waals surface area contributed by atoms with E-state index in [4.69, 9.17) is 10.8 Å². The fourth-order valence-corrected chi connectivity index (χ4v) is 2.94. The molecule has 0 saturated carbocycles. The fourth-order valence-electron chi connectivity index (χ4n) is 2.21. The van der Waals surface area contributed by atoms with Gasteiger partial charge >= 0.3 is 0 Å². The number of imidazole rings is 1. The normalized spacial score (nSPS) is 12.9. The van der Waals surface area contributed by atoms with Crippen molar-refractivity contribution in [3.8, 4) is 11.3 Å². The Hall–Kier alpha value is -1.76. The van der Waals surface area contributed by atoms with Gasteiger partial charge in [0.15, 0.2) is 4.96 Å². The highest BCUT2D eigenvalue weighted by Gasteiger charge is 2.19. The Bertz CT molecular complexity index is 737. The van der Waals surface area contributed by atoms with Crippen molar-refractivity contribution in [3.63, 3.8) is 0 Å². The largest absolute Gasteiger partial charge is 0.395 e. The van der Waals surface area contributed by atoms with Crippen LogP contribution in [0.25, 0.3) is 16.2 Å². The van der Waals surface area contributed by atoms with Crippen LogP contribution in [0.1, 0.15) is 5.69 Å². The Balaban J connectivity index is 2.17. The van der Waals surface area contributed by atoms with E-state index in [0.29, 0.717) is 17.7 Å². The maximum absolute atomic E-state index is 14.0. The van der Waals surface area contributed by atoms with Crippen LogP contribution in [0.3, 0.4) is 0 Å². The van der Waals surface area contributed by atoms with Crippen molar-refractivity contribution < 1.29 is 9.50 Å². The molecule has 0 aliphatic rings. The number of rotatable bonds is 4. The highest BCUT2D eigenvalue weighted by atomic mass is 32.1. The van der Waals surface area contributed by atoms with Crippen molar-refractivity contribution in [2.45, 2.75) is 12.5 Å². The number of halogens is 1. The van der Waals surface area contributed by atoms with Crippen molar-refractivity contribution >= 4 is 16.3 Å². The zero-order chi connectivity index (χ0) is 14.1. The van der Waals surface area contributed by atoms with E-state index in [1.54, 1.807) is 18.2 Å². The molecule has 0 spiro atoms. The summed E-state index contributed by atoms with van der Waals surface area (Å²) in [6, 6.07) is 6.16. The lowest BCUT2D eigenvalue weighted by molar-refractivity contribution is 0.264. The van der Waals surface area contributed by atoms with Crippen LogP contribution in [-0.2, 0) is 6.42 Å². The minimum atomic E-state index is -0.389. The van der Waals surface area contributed by atoms with Gasteiger partial charge in [-0.3, -0.25) is 4.40 Å². The number of aromatic nitrogens is 2. The van der Waals surface area contributed by atoms with Crippen molar-refractivity contribution in [2.75, 3.05) is 6.61 Å². The van der Waals surface area contributed by atoms with Gasteiger partial charge < -0.3 is 10.8 Å². The number of fused-ring (bicyclic) bond motifs is 1. The molecule has 0 aliphatic carbocycles. The summed E-state index contributed by atoms with van der Waals surface area (Å²) < 4.78 is 15.9. The van der Waals surface area contributed by atoms with E-state index in [1.807, 2.05) is 16.0 Å². The van der Waals surface area contributed by atoms with E-state index in [1.165, 1.54) is 17.4 Å². The molecule has 6 heteroatoms. The van der Waals surface area contributed by atoms with Crippen LogP contribution in [0, 0.1) is 5.82 Å². The summed E-state index contributed by atoms with van der Waals surface area (Å²) in [5, 5.41) is 11.1. The molecule has 3 rings (SSSR count). The van der Waals surface area contributed by atoms with E-state index in [9.17, 15) is 4.39 Å². The van der Waals surface area contributed by atoms with Gasteiger partial charge in [0.05, 0.1) is 18.0 Å². The van der Waals surface area contributed by atoms with Crippen molar-refractivity contribution in [1.82, 2.24) is 9.38 Å². The van der Waals surface area contributed by atoms with Crippen molar-refractivity contribution in [2.24, 2.45) is 5.73 Å². The van der Waals surface area contributed by atoms with Gasteiger partial charge in [-0.25, -0.2) is 9.37 Å². The van der Waals surface area contributed by atoms with Gasteiger partial charge in [0.25, 0.3) is 0 Å². The molecule has 0 amide bonds. The van der Waals surface area contributed by atoms with Crippen LogP contribution in [0.4, 0.5) is 4.39 Å². The number of aliphatic hydroxyl groups is 1. The molecule has 104 valence electrons. The summed E-state index contributed by atoms with van der Waals surface area (Å²) in [4.78, 5) is 5.29. The predicted octanol–water partition coefficient (Wildman–Crippen LogP) is 2.06. The van der Waals surface area contributed by atoms with Gasteiger partial charge in [0.2, 0.25) is 0 Å². The minimum absolute atomic E-state index is 0.117. The summed E-state index contributed by atoms with van der Waals surface area (Å²) >= 11 is 1.48. The smallest absolute Gasteiger partial charge is 0.194 e. The lowest BCUT2D eigenvalue weighted by atomic mass is 10.1. The van der Waals surface area contributed by atoms with Crippen LogP contribution in [-0.4, -0.2) is 27.1 Å². The van der Waals surface area contributed by atoms with Gasteiger partial charge in [-0.1, -0.05) is 12.1 Å². The third-order valence-corrected chi connectivity index (χ3v) is 3.94. The summed E-state index contributed by atoms with van der Waals surface area (Å²) in [6.45, 7) is -0.117. The second-order valence-corrected chi connectivity index (χ2v) is 5.46. The number of hydrogen-bond donors (Lipinski definition) is 2. The molecule has 3 aromatic rings. The molecular weight excluding hydrogens is 277 g/mol. The molecule has 1 unspecified atom stereocenters. The predicted molar refractivity (Wildman–Crippen MR) is 77.2 cm³/mol. The van der Waals surface area contributed by atoms with E-state index in [2.05, 4.69) is 4.98 Å². The lowest BCUT2D eigenvalue weighted by Crippen LogP contribution is -2.27. The Morgan fingerprint density at radius 3 is 2.95 bits per heavy atom. The van der Waals surface area contributed by atoms with Crippen LogP contribution in [0.2, 0.25) is 0 Å². The summed E-state index contributed by atoms with van der Waals surface area (Å²) in [7, 11) is 0. The lowest BCUT2D eigenvalue weighted by Gasteiger charge is -2.09. The quantitative estimate of drug-likeness (QED) is 0.773. The van der Waals surface area contributed by atoms with E-state index in [0.717, 1.165) is 10.7 Å². The first-order chi connectivity index (χ1) is 9.70. The second-order valence-electron chi connectivity index (χ2n) is 4.59. The monoisotopic (exact) mass is 291 g/mol. The maximum Gasteiger partial charge on any atom is 0.194 e. The minimum Gasteiger partial charge on any atom is -0.395 e. The maximum atomic E-state index is 14.0. The number of nitrogens with zero attached hydrogens (tertiary/aromatic N) is 2. The van der Waals surface area contributed by atoms with Crippen LogP contribution < -0.4 is 5.73 Å². The molecule has 0 fully saturated rings. The third-order valence-electron chi connectivity index (χ3n) is 3.18. The Morgan fingerprint density at radius 1 is 1.40 bits per heavy atom. The Morgan fingerprint density at radius 2 is 2.20 bits per heavy atom. The van der Waals surface area contributed by atoms with Gasteiger partial charge in [-0.05, 0) is 12.1 Å². The summed E-state index contributed by atoms with van der Waals surface area (Å²) in [6.07, 6.45) is 2.33. The number of nitrogens with two attached hydrogens (primary N) is 1. The highest BCUT2D eigenvalue weighted by molar-refractivity contribution is 7.15. The molecular formula is C14H14FN3OS. The van der Waals surface area contributed by atoms with Gasteiger partial charge in [-0.2, -0.15) is 0 Å². The molecule has 3 N–H and O–H groups in total. The summed E-state index contributed by atoms with van der Waals surface area (Å²) in [5.74, 6) is -0.308. The number of thiazole rings is 1. The van der Waals surface area contributed by atoms with E-state index >= 15 is 0 Å². The third kappa shape index (κ3) is 2.22. The van der Waals surface area contributed by atoms with Gasteiger partial charge in [-0.15, -0.1) is 11.3 Å². The topological polar surface area (TPSA) is 63.5 Å². The SMILES string of the molecule is NC(CO)Cc1c(-c2ccccc2F)nc2sccn12. The number of aliphatic hydroxyl groups excluding tert-OH is 1. The molecule has 2 aromatic heterocycles. The molecule has 0 bridgehead atoms. The highest BCUT2D eigenvalue weighted by Crippen LogP contribution is 2.29. The van der Waals surface area contributed by atoms with Gasteiger partial charge in [0, 0.05) is 29.6 Å². The van der Waals surface area contributed by atoms with Crippen LogP contribution >= 0.6 is 11.3 Å². The zero-order valence-electron chi connectivity index (χ0n) is 10.7. The first-order valence-electron chi connectivity index (χ1n) is 6.26. The average molecular weight is 291 g/mol. The first kappa shape index (κ1) is 13.2. The zero-order valence-corrected chi connectivity index (χ0v) is 11.5. The van der Waals surface area contributed by atoms with E-state index < -0.39 is 0 Å². The van der Waals surface area contributed by atoms with Crippen LogP contribution in [0.5, 0.6) is 0 Å². The van der Waals surface area contributed by atoms with Crippen molar-refractivity contribution in [3.05, 3.63) is 47.4 Å².